The van der Waals surface area contributed by atoms with Crippen LogP contribution in [0.2, 0.25) is 0 Å². The number of anilines is 1. The number of benzene rings is 1. The van der Waals surface area contributed by atoms with Crippen LogP contribution >= 0.6 is 0 Å². The molecule has 1 saturated heterocycles. The molecule has 0 aliphatic carbocycles. The molecular weight excluding hydrogens is 232 g/mol. The molecule has 0 bridgehead atoms. The summed E-state index contributed by atoms with van der Waals surface area (Å²) >= 11 is 0. The molecule has 2 N–H and O–H groups in total. The van der Waals surface area contributed by atoms with Crippen LogP contribution in [-0.4, -0.2) is 13.1 Å². The zero-order valence-corrected chi connectivity index (χ0v) is 12.8. The highest BCUT2D eigenvalue weighted by Crippen LogP contribution is 2.36. The van der Waals surface area contributed by atoms with Gasteiger partial charge in [0.15, 0.2) is 0 Å². The van der Waals surface area contributed by atoms with Gasteiger partial charge >= 0.3 is 0 Å². The summed E-state index contributed by atoms with van der Waals surface area (Å²) in [5, 5.41) is 0. The van der Waals surface area contributed by atoms with Crippen molar-refractivity contribution in [2.24, 2.45) is 17.1 Å². The van der Waals surface area contributed by atoms with E-state index in [-0.39, 0.29) is 6.04 Å². The molecule has 0 spiro atoms. The quantitative estimate of drug-likeness (QED) is 0.872. The van der Waals surface area contributed by atoms with Crippen LogP contribution in [-0.2, 0) is 0 Å². The smallest absolute Gasteiger partial charge is 0.0414 e. The van der Waals surface area contributed by atoms with Gasteiger partial charge in [0, 0.05) is 24.8 Å². The predicted octanol–water partition coefficient (Wildman–Crippen LogP) is 3.97. The van der Waals surface area contributed by atoms with Gasteiger partial charge in [-0.2, -0.15) is 0 Å². The van der Waals surface area contributed by atoms with Gasteiger partial charge < -0.3 is 10.6 Å². The largest absolute Gasteiger partial charge is 0.371 e. The van der Waals surface area contributed by atoms with Gasteiger partial charge in [-0.05, 0) is 42.7 Å². The van der Waals surface area contributed by atoms with Gasteiger partial charge in [0.2, 0.25) is 0 Å². The first-order valence-electron chi connectivity index (χ1n) is 7.49. The van der Waals surface area contributed by atoms with Crippen molar-refractivity contribution in [3.05, 3.63) is 29.8 Å². The normalized spacial score (nSPS) is 19.5. The minimum absolute atomic E-state index is 0.108. The molecule has 0 aromatic heterocycles. The second kappa shape index (κ2) is 5.54. The molecule has 1 unspecified atom stereocenters. The summed E-state index contributed by atoms with van der Waals surface area (Å²) in [5.74, 6) is 0.839. The fourth-order valence-electron chi connectivity index (χ4n) is 3.15. The van der Waals surface area contributed by atoms with Crippen LogP contribution in [0, 0.1) is 11.3 Å². The molecule has 0 amide bonds. The van der Waals surface area contributed by atoms with Gasteiger partial charge in [0.25, 0.3) is 0 Å². The Morgan fingerprint density at radius 3 is 2.26 bits per heavy atom. The average Bonchev–Trinajstić information content (AvgIpc) is 2.38. The van der Waals surface area contributed by atoms with Gasteiger partial charge in [0.05, 0.1) is 0 Å². The molecule has 2 heteroatoms. The van der Waals surface area contributed by atoms with Crippen LogP contribution in [0.1, 0.15) is 52.1 Å². The second-order valence-corrected chi connectivity index (χ2v) is 6.97. The molecule has 106 valence electrons. The first-order valence-corrected chi connectivity index (χ1v) is 7.49. The van der Waals surface area contributed by atoms with E-state index in [1.807, 2.05) is 0 Å². The standard InChI is InChI=1S/C17H28N2/c1-13(18)15-7-5-6-8-16(15)19-11-9-14(10-12-19)17(2,3)4/h5-8,13-14H,9-12,18H2,1-4H3. The zero-order chi connectivity index (χ0) is 14.0. The molecule has 2 rings (SSSR count). The van der Waals surface area contributed by atoms with Crippen molar-refractivity contribution < 1.29 is 0 Å². The summed E-state index contributed by atoms with van der Waals surface area (Å²) in [6, 6.07) is 8.70. The lowest BCUT2D eigenvalue weighted by Crippen LogP contribution is -2.38. The lowest BCUT2D eigenvalue weighted by molar-refractivity contribution is 0.199. The number of hydrogen-bond donors (Lipinski definition) is 1. The van der Waals surface area contributed by atoms with Crippen molar-refractivity contribution >= 4 is 5.69 Å². The predicted molar refractivity (Wildman–Crippen MR) is 83.4 cm³/mol. The molecular formula is C17H28N2. The SMILES string of the molecule is CC(N)c1ccccc1N1CCC(C(C)(C)C)CC1. The van der Waals surface area contributed by atoms with Crippen LogP contribution in [0.25, 0.3) is 0 Å². The van der Waals surface area contributed by atoms with Crippen LogP contribution < -0.4 is 10.6 Å². The van der Waals surface area contributed by atoms with Gasteiger partial charge in [-0.25, -0.2) is 0 Å². The van der Waals surface area contributed by atoms with Gasteiger partial charge in [-0.15, -0.1) is 0 Å². The summed E-state index contributed by atoms with van der Waals surface area (Å²) in [5.41, 5.74) is 9.14. The maximum atomic E-state index is 6.09. The Hall–Kier alpha value is -1.02. The van der Waals surface area contributed by atoms with E-state index in [2.05, 4.69) is 56.9 Å². The molecule has 1 heterocycles. The Kier molecular flexibility index (Phi) is 4.19. The molecule has 19 heavy (non-hydrogen) atoms. The maximum absolute atomic E-state index is 6.09. The number of hydrogen-bond acceptors (Lipinski definition) is 2. The lowest BCUT2D eigenvalue weighted by Gasteiger charge is -2.40. The highest BCUT2D eigenvalue weighted by atomic mass is 15.1. The summed E-state index contributed by atoms with van der Waals surface area (Å²) in [7, 11) is 0. The molecule has 1 aliphatic rings. The fraction of sp³-hybridized carbons (Fsp3) is 0.647. The van der Waals surface area contributed by atoms with Crippen molar-refractivity contribution in [1.82, 2.24) is 0 Å². The Morgan fingerprint density at radius 1 is 1.16 bits per heavy atom. The van der Waals surface area contributed by atoms with Crippen LogP contribution in [0.4, 0.5) is 5.69 Å². The van der Waals surface area contributed by atoms with E-state index < -0.39 is 0 Å². The topological polar surface area (TPSA) is 29.3 Å². The van der Waals surface area contributed by atoms with E-state index in [0.717, 1.165) is 19.0 Å². The number of piperidine rings is 1. The molecule has 1 atom stereocenters. The first-order chi connectivity index (χ1) is 8.89. The Bertz CT molecular complexity index is 410. The lowest BCUT2D eigenvalue weighted by atomic mass is 9.75. The van der Waals surface area contributed by atoms with E-state index in [1.54, 1.807) is 0 Å². The Morgan fingerprint density at radius 2 is 1.74 bits per heavy atom. The van der Waals surface area contributed by atoms with E-state index in [0.29, 0.717) is 5.41 Å². The number of nitrogens with zero attached hydrogens (tertiary/aromatic N) is 1. The van der Waals surface area contributed by atoms with Crippen LogP contribution in [0.15, 0.2) is 24.3 Å². The van der Waals surface area contributed by atoms with Gasteiger partial charge in [0.1, 0.15) is 0 Å². The highest BCUT2D eigenvalue weighted by Gasteiger charge is 2.29. The maximum Gasteiger partial charge on any atom is 0.0414 e. The highest BCUT2D eigenvalue weighted by molar-refractivity contribution is 5.55. The number of para-hydroxylation sites is 1. The third-order valence-corrected chi connectivity index (χ3v) is 4.49. The molecule has 0 radical (unpaired) electrons. The van der Waals surface area contributed by atoms with Crippen molar-refractivity contribution in [2.75, 3.05) is 18.0 Å². The van der Waals surface area contributed by atoms with E-state index in [9.17, 15) is 0 Å². The minimum atomic E-state index is 0.108. The van der Waals surface area contributed by atoms with Crippen molar-refractivity contribution in [2.45, 2.75) is 46.6 Å². The van der Waals surface area contributed by atoms with E-state index in [1.165, 1.54) is 24.1 Å². The van der Waals surface area contributed by atoms with Gasteiger partial charge in [-0.3, -0.25) is 0 Å². The van der Waals surface area contributed by atoms with E-state index in [4.69, 9.17) is 5.73 Å². The fourth-order valence-corrected chi connectivity index (χ4v) is 3.15. The van der Waals surface area contributed by atoms with Crippen molar-refractivity contribution in [3.8, 4) is 0 Å². The van der Waals surface area contributed by atoms with Crippen LogP contribution in [0.5, 0.6) is 0 Å². The molecule has 1 aromatic rings. The Balaban J connectivity index is 2.10. The van der Waals surface area contributed by atoms with E-state index >= 15 is 0 Å². The zero-order valence-electron chi connectivity index (χ0n) is 12.8. The first kappa shape index (κ1) is 14.4. The van der Waals surface area contributed by atoms with Crippen molar-refractivity contribution in [3.63, 3.8) is 0 Å². The third-order valence-electron chi connectivity index (χ3n) is 4.49. The summed E-state index contributed by atoms with van der Waals surface area (Å²) in [6.07, 6.45) is 2.58. The van der Waals surface area contributed by atoms with Crippen molar-refractivity contribution in [1.29, 1.82) is 0 Å². The number of nitrogens with two attached hydrogens (primary N) is 1. The third kappa shape index (κ3) is 3.30. The molecule has 0 saturated carbocycles. The summed E-state index contributed by atoms with van der Waals surface area (Å²) < 4.78 is 0. The molecule has 1 aromatic carbocycles. The van der Waals surface area contributed by atoms with Crippen LogP contribution in [0.3, 0.4) is 0 Å². The molecule has 1 aliphatic heterocycles. The monoisotopic (exact) mass is 260 g/mol. The number of rotatable bonds is 2. The second-order valence-electron chi connectivity index (χ2n) is 6.97. The van der Waals surface area contributed by atoms with Gasteiger partial charge in [-0.1, -0.05) is 39.0 Å². The average molecular weight is 260 g/mol. The molecule has 2 nitrogen and oxygen atoms in total. The molecule has 1 fully saturated rings. The minimum Gasteiger partial charge on any atom is -0.371 e. The summed E-state index contributed by atoms with van der Waals surface area (Å²) in [4.78, 5) is 2.51. The summed E-state index contributed by atoms with van der Waals surface area (Å²) in [6.45, 7) is 11.5. The Labute approximate surface area is 118 Å².